The van der Waals surface area contributed by atoms with Crippen LogP contribution >= 0.6 is 11.6 Å². The SMILES string of the molecule is O=C(/C=C(\c1ccc(Cl)cc1)C(F)(F)F)c1ccccc1. The van der Waals surface area contributed by atoms with Gasteiger partial charge in [0.05, 0.1) is 5.57 Å². The number of carbonyl (C=O) groups excluding carboxylic acids is 1. The van der Waals surface area contributed by atoms with Gasteiger partial charge in [0.2, 0.25) is 0 Å². The van der Waals surface area contributed by atoms with E-state index in [9.17, 15) is 18.0 Å². The molecule has 0 bridgehead atoms. The summed E-state index contributed by atoms with van der Waals surface area (Å²) in [4.78, 5) is 11.9. The first kappa shape index (κ1) is 15.3. The Morgan fingerprint density at radius 1 is 0.905 bits per heavy atom. The van der Waals surface area contributed by atoms with Crippen LogP contribution in [-0.2, 0) is 0 Å². The van der Waals surface area contributed by atoms with Gasteiger partial charge in [0.15, 0.2) is 5.78 Å². The lowest BCUT2D eigenvalue weighted by atomic mass is 10.0. The van der Waals surface area contributed by atoms with E-state index in [1.807, 2.05) is 0 Å². The van der Waals surface area contributed by atoms with Gasteiger partial charge >= 0.3 is 6.18 Å². The quantitative estimate of drug-likeness (QED) is 0.564. The summed E-state index contributed by atoms with van der Waals surface area (Å²) < 4.78 is 39.4. The van der Waals surface area contributed by atoms with Crippen LogP contribution in [0, 0.1) is 0 Å². The maximum absolute atomic E-state index is 13.1. The topological polar surface area (TPSA) is 17.1 Å². The van der Waals surface area contributed by atoms with E-state index in [2.05, 4.69) is 0 Å². The third kappa shape index (κ3) is 3.95. The summed E-state index contributed by atoms with van der Waals surface area (Å²) >= 11 is 5.66. The van der Waals surface area contributed by atoms with Crippen molar-refractivity contribution in [3.05, 3.63) is 76.8 Å². The maximum atomic E-state index is 13.1. The monoisotopic (exact) mass is 310 g/mol. The van der Waals surface area contributed by atoms with E-state index < -0.39 is 17.5 Å². The summed E-state index contributed by atoms with van der Waals surface area (Å²) in [6.45, 7) is 0. The Labute approximate surface area is 124 Å². The number of halogens is 4. The number of allylic oxidation sites excluding steroid dienone is 2. The average Bonchev–Trinajstić information content (AvgIpc) is 2.45. The molecule has 108 valence electrons. The fourth-order valence-corrected chi connectivity index (χ4v) is 1.90. The Morgan fingerprint density at radius 2 is 1.48 bits per heavy atom. The second-order valence-electron chi connectivity index (χ2n) is 4.29. The summed E-state index contributed by atoms with van der Waals surface area (Å²) in [5, 5.41) is 0.328. The van der Waals surface area contributed by atoms with Gasteiger partial charge in [-0.3, -0.25) is 4.79 Å². The van der Waals surface area contributed by atoms with Crippen molar-refractivity contribution in [3.63, 3.8) is 0 Å². The molecule has 0 N–H and O–H groups in total. The van der Waals surface area contributed by atoms with Gasteiger partial charge in [-0.2, -0.15) is 13.2 Å². The van der Waals surface area contributed by atoms with Crippen LogP contribution in [0.4, 0.5) is 13.2 Å². The summed E-state index contributed by atoms with van der Waals surface area (Å²) in [5.41, 5.74) is -0.891. The lowest BCUT2D eigenvalue weighted by Gasteiger charge is -2.12. The van der Waals surface area contributed by atoms with Crippen LogP contribution in [0.25, 0.3) is 5.57 Å². The Morgan fingerprint density at radius 3 is 2.00 bits per heavy atom. The van der Waals surface area contributed by atoms with Gasteiger partial charge in [0.1, 0.15) is 0 Å². The molecule has 21 heavy (non-hydrogen) atoms. The van der Waals surface area contributed by atoms with Gasteiger partial charge < -0.3 is 0 Å². The number of hydrogen-bond acceptors (Lipinski definition) is 1. The predicted octanol–water partition coefficient (Wildman–Crippen LogP) is 5.17. The van der Waals surface area contributed by atoms with Crippen molar-refractivity contribution in [3.8, 4) is 0 Å². The number of hydrogen-bond donors (Lipinski definition) is 0. The van der Waals surface area contributed by atoms with E-state index in [1.165, 1.54) is 36.4 Å². The highest BCUT2D eigenvalue weighted by molar-refractivity contribution is 6.30. The Balaban J connectivity index is 2.44. The molecule has 0 heterocycles. The fourth-order valence-electron chi connectivity index (χ4n) is 1.78. The molecule has 0 atom stereocenters. The minimum absolute atomic E-state index is 0.101. The molecule has 5 heteroatoms. The molecule has 0 radical (unpaired) electrons. The van der Waals surface area contributed by atoms with Gasteiger partial charge in [-0.05, 0) is 23.8 Å². The van der Waals surface area contributed by atoms with Crippen LogP contribution < -0.4 is 0 Å². The standard InChI is InChI=1S/C16H10ClF3O/c17-13-8-6-11(7-9-13)14(16(18,19)20)10-15(21)12-4-2-1-3-5-12/h1-10H/b14-10+. The summed E-state index contributed by atoms with van der Waals surface area (Å²) in [5.74, 6) is -0.696. The molecule has 0 aromatic heterocycles. The van der Waals surface area contributed by atoms with Crippen molar-refractivity contribution in [1.29, 1.82) is 0 Å². The Kier molecular flexibility index (Phi) is 4.48. The fraction of sp³-hybridized carbons (Fsp3) is 0.0625. The van der Waals surface area contributed by atoms with Crippen LogP contribution in [-0.4, -0.2) is 12.0 Å². The van der Waals surface area contributed by atoms with Gasteiger partial charge in [-0.1, -0.05) is 54.1 Å². The third-order valence-corrected chi connectivity index (χ3v) is 3.05. The second-order valence-corrected chi connectivity index (χ2v) is 4.73. The molecule has 2 aromatic rings. The highest BCUT2D eigenvalue weighted by Gasteiger charge is 2.35. The molecule has 2 aromatic carbocycles. The van der Waals surface area contributed by atoms with Crippen LogP contribution in [0.1, 0.15) is 15.9 Å². The third-order valence-electron chi connectivity index (χ3n) is 2.79. The lowest BCUT2D eigenvalue weighted by molar-refractivity contribution is -0.0689. The normalized spacial score (nSPS) is 12.3. The van der Waals surface area contributed by atoms with E-state index >= 15 is 0 Å². The average molecular weight is 311 g/mol. The maximum Gasteiger partial charge on any atom is 0.417 e. The van der Waals surface area contributed by atoms with Crippen molar-refractivity contribution in [2.24, 2.45) is 0 Å². The van der Waals surface area contributed by atoms with E-state index in [-0.39, 0.29) is 11.1 Å². The Bertz CT molecular complexity index is 658. The van der Waals surface area contributed by atoms with Gasteiger partial charge in [0.25, 0.3) is 0 Å². The molecule has 0 saturated heterocycles. The smallest absolute Gasteiger partial charge is 0.289 e. The van der Waals surface area contributed by atoms with Gasteiger partial charge in [0, 0.05) is 10.6 Å². The molecule has 0 aliphatic carbocycles. The summed E-state index contributed by atoms with van der Waals surface area (Å²) in [6, 6.07) is 13.0. The van der Waals surface area contributed by atoms with Gasteiger partial charge in [-0.15, -0.1) is 0 Å². The zero-order chi connectivity index (χ0) is 15.5. The number of alkyl halides is 3. The molecule has 1 nitrogen and oxygen atoms in total. The lowest BCUT2D eigenvalue weighted by Crippen LogP contribution is -2.12. The van der Waals surface area contributed by atoms with Crippen LogP contribution in [0.3, 0.4) is 0 Å². The molecule has 0 aliphatic heterocycles. The van der Waals surface area contributed by atoms with Crippen LogP contribution in [0.5, 0.6) is 0 Å². The van der Waals surface area contributed by atoms with Crippen molar-refractivity contribution in [1.82, 2.24) is 0 Å². The van der Waals surface area contributed by atoms with E-state index in [1.54, 1.807) is 18.2 Å². The summed E-state index contributed by atoms with van der Waals surface area (Å²) in [7, 11) is 0. The second kappa shape index (κ2) is 6.14. The largest absolute Gasteiger partial charge is 0.417 e. The van der Waals surface area contributed by atoms with E-state index in [0.29, 0.717) is 11.1 Å². The van der Waals surface area contributed by atoms with Crippen LogP contribution in [0.15, 0.2) is 60.7 Å². The molecule has 2 rings (SSSR count). The molecular weight excluding hydrogens is 301 g/mol. The molecule has 0 amide bonds. The first-order valence-electron chi connectivity index (χ1n) is 6.02. The first-order chi connectivity index (χ1) is 9.88. The van der Waals surface area contributed by atoms with E-state index in [4.69, 9.17) is 11.6 Å². The number of carbonyl (C=O) groups is 1. The zero-order valence-electron chi connectivity index (χ0n) is 10.7. The van der Waals surface area contributed by atoms with Crippen molar-refractivity contribution in [2.75, 3.05) is 0 Å². The molecular formula is C16H10ClF3O. The molecule has 0 spiro atoms. The van der Waals surface area contributed by atoms with Crippen molar-refractivity contribution in [2.45, 2.75) is 6.18 Å². The predicted molar refractivity (Wildman–Crippen MR) is 76.3 cm³/mol. The molecule has 0 aliphatic rings. The highest BCUT2D eigenvalue weighted by atomic mass is 35.5. The zero-order valence-corrected chi connectivity index (χ0v) is 11.4. The Hall–Kier alpha value is -2.07. The molecule has 0 saturated carbocycles. The minimum Gasteiger partial charge on any atom is -0.289 e. The summed E-state index contributed by atoms with van der Waals surface area (Å²) in [6.07, 6.45) is -4.02. The van der Waals surface area contributed by atoms with Crippen LogP contribution in [0.2, 0.25) is 5.02 Å². The number of ketones is 1. The number of benzene rings is 2. The molecule has 0 fully saturated rings. The number of rotatable bonds is 3. The highest BCUT2D eigenvalue weighted by Crippen LogP contribution is 2.34. The minimum atomic E-state index is -4.63. The molecule has 0 unspecified atom stereocenters. The van der Waals surface area contributed by atoms with E-state index in [0.717, 1.165) is 0 Å². The van der Waals surface area contributed by atoms with Crippen molar-refractivity contribution >= 4 is 23.0 Å². The van der Waals surface area contributed by atoms with Gasteiger partial charge in [-0.25, -0.2) is 0 Å². The van der Waals surface area contributed by atoms with Crippen molar-refractivity contribution < 1.29 is 18.0 Å². The first-order valence-corrected chi connectivity index (χ1v) is 6.40.